The Morgan fingerprint density at radius 2 is 1.77 bits per heavy atom. The van der Waals surface area contributed by atoms with Crippen LogP contribution < -0.4 is 10.1 Å². The van der Waals surface area contributed by atoms with Gasteiger partial charge in [0.25, 0.3) is 5.91 Å². The first-order valence-corrected chi connectivity index (χ1v) is 11.8. The predicted molar refractivity (Wildman–Crippen MR) is 118 cm³/mol. The van der Waals surface area contributed by atoms with Crippen LogP contribution in [0, 0.1) is 23.7 Å². The van der Waals surface area contributed by atoms with E-state index in [4.69, 9.17) is 9.47 Å². The highest BCUT2D eigenvalue weighted by Crippen LogP contribution is 2.60. The van der Waals surface area contributed by atoms with Crippen molar-refractivity contribution in [2.24, 2.45) is 23.7 Å². The van der Waals surface area contributed by atoms with Gasteiger partial charge in [-0.1, -0.05) is 37.9 Å². The molecule has 2 saturated carbocycles. The Labute approximate surface area is 196 Å². The fourth-order valence-corrected chi connectivity index (χ4v) is 6.89. The van der Waals surface area contributed by atoms with Gasteiger partial charge in [0, 0.05) is 21.4 Å². The van der Waals surface area contributed by atoms with E-state index >= 15 is 0 Å². The van der Waals surface area contributed by atoms with E-state index in [-0.39, 0.29) is 33.3 Å². The molecule has 2 bridgehead atoms. The zero-order valence-electron chi connectivity index (χ0n) is 16.9. The molecule has 0 spiro atoms. The van der Waals surface area contributed by atoms with Gasteiger partial charge >= 0.3 is 5.97 Å². The number of methoxy groups -OCH3 is 1. The van der Waals surface area contributed by atoms with Gasteiger partial charge in [-0.05, 0) is 37.3 Å². The average molecular weight is 558 g/mol. The molecule has 1 heterocycles. The minimum Gasteiger partial charge on any atom is -0.497 e. The molecular weight excluding hydrogens is 536 g/mol. The summed E-state index contributed by atoms with van der Waals surface area (Å²) in [7, 11) is 1.51. The second-order valence-corrected chi connectivity index (χ2v) is 10.2. The van der Waals surface area contributed by atoms with Crippen LogP contribution in [0.3, 0.4) is 0 Å². The monoisotopic (exact) mass is 556 g/mol. The highest BCUT2D eigenvalue weighted by molar-refractivity contribution is 9.12. The molecule has 7 atom stereocenters. The lowest BCUT2D eigenvalue weighted by atomic mass is 9.81. The van der Waals surface area contributed by atoms with Gasteiger partial charge in [0.2, 0.25) is 11.8 Å². The number of benzene rings is 1. The third-order valence-electron chi connectivity index (χ3n) is 6.45. The van der Waals surface area contributed by atoms with Crippen LogP contribution in [0.15, 0.2) is 24.3 Å². The minimum atomic E-state index is -1.09. The van der Waals surface area contributed by atoms with Crippen LogP contribution >= 0.6 is 31.9 Å². The van der Waals surface area contributed by atoms with Gasteiger partial charge in [-0.25, -0.2) is 4.79 Å². The first-order valence-electron chi connectivity index (χ1n) is 10.00. The van der Waals surface area contributed by atoms with Crippen molar-refractivity contribution in [2.75, 3.05) is 19.0 Å². The topological polar surface area (TPSA) is 102 Å². The van der Waals surface area contributed by atoms with Crippen molar-refractivity contribution in [1.82, 2.24) is 4.90 Å². The van der Waals surface area contributed by atoms with Crippen molar-refractivity contribution >= 4 is 61.2 Å². The molecule has 1 aromatic carbocycles. The number of hydrogen-bond donors (Lipinski definition) is 1. The Morgan fingerprint density at radius 1 is 1.16 bits per heavy atom. The van der Waals surface area contributed by atoms with Crippen molar-refractivity contribution in [3.05, 3.63) is 24.3 Å². The van der Waals surface area contributed by atoms with Crippen LogP contribution in [0.5, 0.6) is 5.75 Å². The van der Waals surface area contributed by atoms with Gasteiger partial charge in [-0.2, -0.15) is 0 Å². The van der Waals surface area contributed by atoms with Gasteiger partial charge in [0.15, 0.2) is 6.61 Å². The number of nitrogens with one attached hydrogen (secondary N) is 1. The number of carbonyl (C=O) groups excluding carboxylic acids is 4. The van der Waals surface area contributed by atoms with E-state index in [1.165, 1.54) is 14.0 Å². The summed E-state index contributed by atoms with van der Waals surface area (Å²) in [6.45, 7) is 0.930. The number of imide groups is 1. The Kier molecular flexibility index (Phi) is 6.13. The molecule has 3 fully saturated rings. The van der Waals surface area contributed by atoms with Crippen molar-refractivity contribution in [3.63, 3.8) is 0 Å². The lowest BCUT2D eigenvalue weighted by molar-refractivity contribution is -0.159. The summed E-state index contributed by atoms with van der Waals surface area (Å²) in [5.74, 6) is -2.06. The number of esters is 1. The summed E-state index contributed by atoms with van der Waals surface area (Å²) in [6.07, 6.45) is 0.815. The van der Waals surface area contributed by atoms with Gasteiger partial charge < -0.3 is 14.8 Å². The quantitative estimate of drug-likeness (QED) is 0.327. The average Bonchev–Trinajstić information content (AvgIpc) is 3.36. The SMILES string of the molecule is COc1cccc(NC(=O)COC(=O)[C@H](C)N2C(=O)[C@@H]3[C@H]4C[C@@H]([C@@H](Br)[C@H]4Br)[C@H]3C2=O)c1. The third kappa shape index (κ3) is 3.77. The number of fused-ring (bicyclic) bond motifs is 5. The van der Waals surface area contributed by atoms with E-state index in [0.29, 0.717) is 11.4 Å². The normalized spacial score (nSPS) is 32.1. The minimum absolute atomic E-state index is 0.0673. The lowest BCUT2D eigenvalue weighted by Gasteiger charge is -2.28. The van der Waals surface area contributed by atoms with E-state index < -0.39 is 36.4 Å². The number of amides is 3. The number of likely N-dealkylation sites (tertiary alicyclic amines) is 1. The van der Waals surface area contributed by atoms with Crippen LogP contribution in [0.2, 0.25) is 0 Å². The van der Waals surface area contributed by atoms with Gasteiger partial charge in [-0.15, -0.1) is 0 Å². The molecule has 3 amide bonds. The third-order valence-corrected chi connectivity index (χ3v) is 9.66. The van der Waals surface area contributed by atoms with E-state index in [1.807, 2.05) is 0 Å². The molecule has 31 heavy (non-hydrogen) atoms. The highest BCUT2D eigenvalue weighted by Gasteiger charge is 2.67. The van der Waals surface area contributed by atoms with Crippen LogP contribution in [0.25, 0.3) is 0 Å². The van der Waals surface area contributed by atoms with Crippen molar-refractivity contribution < 1.29 is 28.7 Å². The van der Waals surface area contributed by atoms with Crippen molar-refractivity contribution in [1.29, 1.82) is 0 Å². The maximum absolute atomic E-state index is 13.0. The molecule has 1 aromatic rings. The summed E-state index contributed by atoms with van der Waals surface area (Å²) in [5.41, 5.74) is 0.496. The molecule has 1 aliphatic heterocycles. The number of alkyl halides is 2. The van der Waals surface area contributed by atoms with E-state index in [1.54, 1.807) is 24.3 Å². The van der Waals surface area contributed by atoms with E-state index in [0.717, 1.165) is 11.3 Å². The Hall–Kier alpha value is -1.94. The molecule has 10 heteroatoms. The molecule has 0 aromatic heterocycles. The fourth-order valence-electron chi connectivity index (χ4n) is 5.01. The summed E-state index contributed by atoms with van der Waals surface area (Å²) in [4.78, 5) is 51.9. The van der Waals surface area contributed by atoms with Gasteiger partial charge in [0.05, 0.1) is 18.9 Å². The molecule has 4 rings (SSSR count). The molecule has 8 nitrogen and oxygen atoms in total. The first kappa shape index (κ1) is 22.3. The lowest BCUT2D eigenvalue weighted by Crippen LogP contribution is -2.45. The number of carbonyl (C=O) groups is 4. The Morgan fingerprint density at radius 3 is 2.35 bits per heavy atom. The highest BCUT2D eigenvalue weighted by atomic mass is 79.9. The number of ether oxygens (including phenoxy) is 2. The fraction of sp³-hybridized carbons (Fsp3) is 0.524. The maximum Gasteiger partial charge on any atom is 0.329 e. The van der Waals surface area contributed by atoms with Crippen LogP contribution in [-0.4, -0.2) is 58.0 Å². The number of rotatable bonds is 6. The second kappa shape index (κ2) is 8.54. The molecule has 1 N–H and O–H groups in total. The molecule has 3 aliphatic rings. The van der Waals surface area contributed by atoms with Crippen LogP contribution in [0.1, 0.15) is 13.3 Å². The molecule has 1 saturated heterocycles. The maximum atomic E-state index is 13.0. The van der Waals surface area contributed by atoms with Crippen molar-refractivity contribution in [3.8, 4) is 5.75 Å². The molecular formula is C21H22Br2N2O6. The first-order chi connectivity index (χ1) is 14.7. The zero-order valence-corrected chi connectivity index (χ0v) is 20.1. The summed E-state index contributed by atoms with van der Waals surface area (Å²) < 4.78 is 10.2. The standard InChI is InChI=1S/C21H22Br2N2O6/c1-9(21(29)31-8-14(26)24-10-4-3-5-11(6-10)30-2)25-19(27)15-12-7-13(16(15)20(25)28)18(23)17(12)22/h3-6,9,12-13,15-18H,7-8H2,1-2H3,(H,24,26)/t9-,12+,13+,15+,16+,17-,18+/m0/s1. The summed E-state index contributed by atoms with van der Waals surface area (Å²) in [5, 5.41) is 2.61. The molecule has 0 radical (unpaired) electrons. The predicted octanol–water partition coefficient (Wildman–Crippen LogP) is 2.34. The molecule has 0 unspecified atom stereocenters. The Bertz CT molecular complexity index is 908. The summed E-state index contributed by atoms with van der Waals surface area (Å²) >= 11 is 7.27. The number of halogens is 2. The smallest absolute Gasteiger partial charge is 0.329 e. The number of nitrogens with zero attached hydrogens (tertiary/aromatic N) is 1. The zero-order chi connectivity index (χ0) is 22.4. The van der Waals surface area contributed by atoms with Crippen LogP contribution in [0.4, 0.5) is 5.69 Å². The van der Waals surface area contributed by atoms with Gasteiger partial charge in [0.1, 0.15) is 11.8 Å². The number of hydrogen-bond acceptors (Lipinski definition) is 6. The van der Waals surface area contributed by atoms with E-state index in [9.17, 15) is 19.2 Å². The van der Waals surface area contributed by atoms with Gasteiger partial charge in [-0.3, -0.25) is 19.3 Å². The van der Waals surface area contributed by atoms with Crippen LogP contribution in [-0.2, 0) is 23.9 Å². The molecule has 2 aliphatic carbocycles. The second-order valence-electron chi connectivity index (χ2n) is 8.11. The number of anilines is 1. The van der Waals surface area contributed by atoms with Crippen molar-refractivity contribution in [2.45, 2.75) is 29.0 Å². The summed E-state index contributed by atoms with van der Waals surface area (Å²) in [6, 6.07) is 5.67. The Balaban J connectivity index is 1.36. The van der Waals surface area contributed by atoms with E-state index in [2.05, 4.69) is 37.2 Å². The molecule has 166 valence electrons. The largest absolute Gasteiger partial charge is 0.497 e.